The summed E-state index contributed by atoms with van der Waals surface area (Å²) in [5, 5.41) is 0. The average Bonchev–Trinajstić information content (AvgIpc) is 3.00. The summed E-state index contributed by atoms with van der Waals surface area (Å²) in [7, 11) is 0. The minimum atomic E-state index is 0.0886. The Kier molecular flexibility index (Phi) is 7.75. The third kappa shape index (κ3) is 5.37. The molecule has 0 spiro atoms. The fourth-order valence-corrected chi connectivity index (χ4v) is 4.86. The molecule has 1 heteroatoms. The molecule has 1 nitrogen and oxygen atoms in total. The molecule has 1 aliphatic carbocycles. The van der Waals surface area contributed by atoms with Crippen molar-refractivity contribution in [2.75, 3.05) is 0 Å². The van der Waals surface area contributed by atoms with Crippen LogP contribution in [0.25, 0.3) is 17.7 Å². The average molecular weight is 447 g/mol. The Hall–Kier alpha value is -3.45. The van der Waals surface area contributed by atoms with Gasteiger partial charge in [0.2, 0.25) is 0 Å². The van der Waals surface area contributed by atoms with Crippen LogP contribution in [0.5, 0.6) is 0 Å². The molecule has 0 N–H and O–H groups in total. The summed E-state index contributed by atoms with van der Waals surface area (Å²) in [6.07, 6.45) is 12.0. The summed E-state index contributed by atoms with van der Waals surface area (Å²) in [5.41, 5.74) is 7.82. The Labute approximate surface area is 204 Å². The monoisotopic (exact) mass is 446 g/mol. The molecule has 3 aromatic rings. The fraction of sp³-hybridized carbons (Fsp3) is 0.242. The van der Waals surface area contributed by atoms with E-state index in [0.717, 1.165) is 41.5 Å². The minimum absolute atomic E-state index is 0.0886. The van der Waals surface area contributed by atoms with E-state index in [0.29, 0.717) is 12.3 Å². The Morgan fingerprint density at radius 1 is 1.03 bits per heavy atom. The van der Waals surface area contributed by atoms with Gasteiger partial charge < -0.3 is 0 Å². The number of fused-ring (bicyclic) bond motifs is 1. The van der Waals surface area contributed by atoms with Gasteiger partial charge in [0.05, 0.1) is 0 Å². The molecule has 2 atom stereocenters. The van der Waals surface area contributed by atoms with Crippen molar-refractivity contribution >= 4 is 23.5 Å². The maximum absolute atomic E-state index is 13.5. The first-order chi connectivity index (χ1) is 16.6. The van der Waals surface area contributed by atoms with Crippen LogP contribution < -0.4 is 0 Å². The number of hydrogen-bond acceptors (Lipinski definition) is 1. The van der Waals surface area contributed by atoms with E-state index >= 15 is 0 Å². The van der Waals surface area contributed by atoms with Gasteiger partial charge in [-0.25, -0.2) is 0 Å². The Morgan fingerprint density at radius 3 is 2.56 bits per heavy atom. The molecule has 0 radical (unpaired) electrons. The van der Waals surface area contributed by atoms with Crippen LogP contribution in [0.15, 0.2) is 91.5 Å². The van der Waals surface area contributed by atoms with Crippen LogP contribution in [-0.4, -0.2) is 5.78 Å². The second-order valence-corrected chi connectivity index (χ2v) is 9.28. The highest BCUT2D eigenvalue weighted by atomic mass is 16.1. The van der Waals surface area contributed by atoms with Crippen molar-refractivity contribution < 1.29 is 4.79 Å². The summed E-state index contributed by atoms with van der Waals surface area (Å²) < 4.78 is 0. The lowest BCUT2D eigenvalue weighted by Gasteiger charge is -2.17. The molecule has 0 saturated heterocycles. The lowest BCUT2D eigenvalue weighted by atomic mass is 9.87. The van der Waals surface area contributed by atoms with E-state index < -0.39 is 0 Å². The van der Waals surface area contributed by atoms with Crippen LogP contribution in [-0.2, 0) is 11.2 Å². The maximum Gasteiger partial charge on any atom is 0.164 e. The molecule has 2 unspecified atom stereocenters. The van der Waals surface area contributed by atoms with E-state index in [1.165, 1.54) is 16.7 Å². The van der Waals surface area contributed by atoms with Gasteiger partial charge in [-0.2, -0.15) is 0 Å². The van der Waals surface area contributed by atoms with Gasteiger partial charge in [-0.3, -0.25) is 4.79 Å². The van der Waals surface area contributed by atoms with Gasteiger partial charge in [-0.15, -0.1) is 0 Å². The largest absolute Gasteiger partial charge is 0.294 e. The molecule has 0 amide bonds. The van der Waals surface area contributed by atoms with Gasteiger partial charge in [-0.1, -0.05) is 118 Å². The molecule has 34 heavy (non-hydrogen) atoms. The van der Waals surface area contributed by atoms with Crippen molar-refractivity contribution in [1.29, 1.82) is 0 Å². The van der Waals surface area contributed by atoms with Gasteiger partial charge in [0.25, 0.3) is 0 Å². The molecule has 0 aliphatic heterocycles. The highest BCUT2D eigenvalue weighted by molar-refractivity contribution is 6.26. The highest BCUT2D eigenvalue weighted by Gasteiger charge is 2.25. The zero-order valence-corrected chi connectivity index (χ0v) is 20.3. The summed E-state index contributed by atoms with van der Waals surface area (Å²) in [5.74, 6) is 0.716. The van der Waals surface area contributed by atoms with Gasteiger partial charge in [-0.05, 0) is 58.2 Å². The van der Waals surface area contributed by atoms with Crippen molar-refractivity contribution in [1.82, 2.24) is 0 Å². The molecule has 172 valence electrons. The normalized spacial score (nSPS) is 16.6. The van der Waals surface area contributed by atoms with Crippen molar-refractivity contribution in [2.45, 2.75) is 51.4 Å². The van der Waals surface area contributed by atoms with E-state index in [1.807, 2.05) is 30.3 Å². The Morgan fingerprint density at radius 2 is 1.79 bits per heavy atom. The summed E-state index contributed by atoms with van der Waals surface area (Å²) >= 11 is 0. The van der Waals surface area contributed by atoms with Crippen molar-refractivity contribution in [3.63, 3.8) is 0 Å². The third-order valence-electron chi connectivity index (χ3n) is 6.76. The van der Waals surface area contributed by atoms with Gasteiger partial charge >= 0.3 is 0 Å². The van der Waals surface area contributed by atoms with Gasteiger partial charge in [0.15, 0.2) is 5.78 Å². The molecule has 3 aromatic carbocycles. The van der Waals surface area contributed by atoms with E-state index in [2.05, 4.69) is 87.2 Å². The van der Waals surface area contributed by atoms with E-state index in [-0.39, 0.29) is 11.7 Å². The first-order valence-corrected chi connectivity index (χ1v) is 12.4. The quantitative estimate of drug-likeness (QED) is 0.316. The molecule has 0 fully saturated rings. The maximum atomic E-state index is 13.5. The predicted octanol–water partition coefficient (Wildman–Crippen LogP) is 8.63. The predicted molar refractivity (Wildman–Crippen MR) is 146 cm³/mol. The Balaban J connectivity index is 1.74. The molecule has 0 saturated carbocycles. The van der Waals surface area contributed by atoms with E-state index in [9.17, 15) is 4.79 Å². The molecule has 0 aromatic heterocycles. The van der Waals surface area contributed by atoms with Gasteiger partial charge in [0.1, 0.15) is 0 Å². The standard InChI is InChI=1S/C33H34O/c1-4-6-8-16-28-23-33(34)32(30-17-12-11-13-26(30)5-2)22-29-19-18-25(21-31(28)29)20-24(3)27-14-9-7-10-15-27/h5,7-19,21-22,24,28H,2,4,6,20,23H2,1,3H3. The number of Topliss-reactive ketones (excluding diaryl/α,β-unsaturated/α-hetero) is 1. The van der Waals surface area contributed by atoms with E-state index in [1.54, 1.807) is 0 Å². The van der Waals surface area contributed by atoms with Crippen LogP contribution >= 0.6 is 0 Å². The van der Waals surface area contributed by atoms with Gasteiger partial charge in [0, 0.05) is 17.9 Å². The van der Waals surface area contributed by atoms with Crippen LogP contribution in [0.3, 0.4) is 0 Å². The number of unbranched alkanes of at least 4 members (excludes halogenated alkanes) is 1. The number of allylic oxidation sites excluding steroid dienone is 3. The lowest BCUT2D eigenvalue weighted by molar-refractivity contribution is -0.113. The zero-order valence-electron chi connectivity index (χ0n) is 20.3. The third-order valence-corrected chi connectivity index (χ3v) is 6.76. The van der Waals surface area contributed by atoms with Crippen LogP contribution in [0.1, 0.15) is 78.3 Å². The number of ketones is 1. The van der Waals surface area contributed by atoms with Crippen LogP contribution in [0, 0.1) is 0 Å². The molecular formula is C33H34O. The molecule has 0 heterocycles. The number of carbonyl (C=O) groups excluding carboxylic acids is 1. The molecular weight excluding hydrogens is 412 g/mol. The van der Waals surface area contributed by atoms with Crippen LogP contribution in [0.4, 0.5) is 0 Å². The Bertz CT molecular complexity index is 1210. The highest BCUT2D eigenvalue weighted by Crippen LogP contribution is 2.37. The topological polar surface area (TPSA) is 17.1 Å². The second-order valence-electron chi connectivity index (χ2n) is 9.28. The van der Waals surface area contributed by atoms with Crippen molar-refractivity contribution in [2.24, 2.45) is 0 Å². The smallest absolute Gasteiger partial charge is 0.164 e. The fourth-order valence-electron chi connectivity index (χ4n) is 4.86. The summed E-state index contributed by atoms with van der Waals surface area (Å²) in [6.45, 7) is 8.43. The number of benzene rings is 3. The lowest BCUT2D eigenvalue weighted by Crippen LogP contribution is -2.07. The summed E-state index contributed by atoms with van der Waals surface area (Å²) in [6, 6.07) is 25.5. The summed E-state index contributed by atoms with van der Waals surface area (Å²) in [4.78, 5) is 13.5. The molecule has 4 rings (SSSR count). The number of rotatable bonds is 8. The first kappa shape index (κ1) is 23.7. The van der Waals surface area contributed by atoms with Crippen molar-refractivity contribution in [3.05, 3.63) is 125 Å². The first-order valence-electron chi connectivity index (χ1n) is 12.4. The zero-order chi connectivity index (χ0) is 23.9. The van der Waals surface area contributed by atoms with Crippen molar-refractivity contribution in [3.8, 4) is 0 Å². The van der Waals surface area contributed by atoms with Crippen LogP contribution in [0.2, 0.25) is 0 Å². The number of carbonyl (C=O) groups is 1. The van der Waals surface area contributed by atoms with E-state index in [4.69, 9.17) is 0 Å². The molecule has 0 bridgehead atoms. The second kappa shape index (κ2) is 11.1. The number of hydrogen-bond donors (Lipinski definition) is 0. The minimum Gasteiger partial charge on any atom is -0.294 e. The molecule has 1 aliphatic rings. The SMILES string of the molecule is C=Cc1ccccc1C1=Cc2ccc(CC(C)c3ccccc3)cc2C(C=CCCC)CC1=O.